The average molecular weight is 667 g/mol. The van der Waals surface area contributed by atoms with Gasteiger partial charge in [0, 0.05) is 11.1 Å². The van der Waals surface area contributed by atoms with E-state index in [2.05, 4.69) is 94.3 Å². The van der Waals surface area contributed by atoms with Crippen LogP contribution in [0.25, 0.3) is 55.6 Å². The molecule has 0 saturated carbocycles. The monoisotopic (exact) mass is 666 g/mol. The van der Waals surface area contributed by atoms with Gasteiger partial charge in [-0.3, -0.25) is 0 Å². The molecule has 2 heterocycles. The second-order valence-corrected chi connectivity index (χ2v) is 14.0. The molecule has 234 valence electrons. The molecule has 2 N–H and O–H groups in total. The third-order valence-electron chi connectivity index (χ3n) is 9.86. The van der Waals surface area contributed by atoms with Crippen LogP contribution in [0.2, 0.25) is 0 Å². The summed E-state index contributed by atoms with van der Waals surface area (Å²) in [4.78, 5) is 0. The summed E-state index contributed by atoms with van der Waals surface area (Å²) in [6.45, 7) is 0. The zero-order valence-electron chi connectivity index (χ0n) is 26.4. The van der Waals surface area contributed by atoms with Gasteiger partial charge in [0.2, 0.25) is 0 Å². The molecule has 1 aliphatic rings. The van der Waals surface area contributed by atoms with Crippen LogP contribution in [-0.2, 0) is 5.41 Å². The van der Waals surface area contributed by atoms with Crippen molar-refractivity contribution in [3.05, 3.63) is 189 Å². The number of rotatable bonds is 6. The first-order valence-corrected chi connectivity index (χ1v) is 18.1. The largest absolute Gasteiger partial charge is 0.507 e. The Kier molecular flexibility index (Phi) is 7.08. The predicted octanol–water partition coefficient (Wildman–Crippen LogP) is 12.3. The number of hydrogen-bond acceptors (Lipinski definition) is 4. The van der Waals surface area contributed by atoms with Crippen molar-refractivity contribution in [2.45, 2.75) is 5.41 Å². The van der Waals surface area contributed by atoms with Crippen LogP contribution in [0.4, 0.5) is 0 Å². The van der Waals surface area contributed by atoms with Crippen LogP contribution in [0.15, 0.2) is 167 Å². The van der Waals surface area contributed by atoms with E-state index in [-0.39, 0.29) is 11.5 Å². The number of fused-ring (bicyclic) bond motifs is 3. The van der Waals surface area contributed by atoms with E-state index in [1.807, 2.05) is 72.8 Å². The second-order valence-electron chi connectivity index (χ2n) is 12.4. The molecule has 0 spiro atoms. The number of aromatic hydroxyl groups is 2. The van der Waals surface area contributed by atoms with Gasteiger partial charge >= 0.3 is 0 Å². The lowest BCUT2D eigenvalue weighted by Gasteiger charge is -2.37. The lowest BCUT2D eigenvalue weighted by atomic mass is 9.64. The van der Waals surface area contributed by atoms with Crippen LogP contribution in [0.5, 0.6) is 11.5 Å². The van der Waals surface area contributed by atoms with Crippen molar-refractivity contribution in [3.63, 3.8) is 0 Å². The summed E-state index contributed by atoms with van der Waals surface area (Å²) in [5.74, 6) is 0.466. The number of phenolic OH excluding ortho intramolecular Hbond substituents is 2. The van der Waals surface area contributed by atoms with Crippen LogP contribution in [0.1, 0.15) is 22.3 Å². The summed E-state index contributed by atoms with van der Waals surface area (Å²) < 4.78 is 0. The van der Waals surface area contributed by atoms with Crippen LogP contribution in [0, 0.1) is 0 Å². The summed E-state index contributed by atoms with van der Waals surface area (Å²) in [5.41, 5.74) is 14.1. The van der Waals surface area contributed by atoms with Crippen molar-refractivity contribution in [2.24, 2.45) is 0 Å². The smallest absolute Gasteiger partial charge is 0.123 e. The highest BCUT2D eigenvalue weighted by Gasteiger charge is 2.49. The zero-order chi connectivity index (χ0) is 33.0. The number of phenols is 2. The molecule has 0 bridgehead atoms. The molecule has 0 fully saturated rings. The molecule has 0 saturated heterocycles. The van der Waals surface area contributed by atoms with Crippen molar-refractivity contribution in [3.8, 4) is 67.1 Å². The summed E-state index contributed by atoms with van der Waals surface area (Å²) in [5, 5.41) is 31.5. The summed E-state index contributed by atoms with van der Waals surface area (Å²) in [7, 11) is 0. The predicted molar refractivity (Wildman–Crippen MR) is 205 cm³/mol. The number of benzene rings is 6. The number of hydrogen-bond donors (Lipinski definition) is 2. The van der Waals surface area contributed by atoms with E-state index in [4.69, 9.17) is 0 Å². The van der Waals surface area contributed by atoms with E-state index in [0.29, 0.717) is 0 Å². The molecule has 2 nitrogen and oxygen atoms in total. The SMILES string of the molecule is Oc1ccc(C2(c3ccc(O)c(-c4ccccc4)c3)c3c(-c4ccsc4)cccc3-c3cccc(-c4ccsc4)c32)cc1-c1ccccc1. The molecule has 8 aromatic rings. The molecule has 0 amide bonds. The van der Waals surface area contributed by atoms with Gasteiger partial charge in [-0.25, -0.2) is 0 Å². The molecule has 4 heteroatoms. The zero-order valence-corrected chi connectivity index (χ0v) is 28.0. The Morgan fingerprint density at radius 2 is 0.796 bits per heavy atom. The Labute approximate surface area is 293 Å². The van der Waals surface area contributed by atoms with Crippen molar-refractivity contribution >= 4 is 22.7 Å². The maximum Gasteiger partial charge on any atom is 0.123 e. The van der Waals surface area contributed by atoms with Gasteiger partial charge in [-0.2, -0.15) is 22.7 Å². The molecule has 0 aliphatic heterocycles. The second kappa shape index (κ2) is 11.8. The van der Waals surface area contributed by atoms with Crippen molar-refractivity contribution in [2.75, 3.05) is 0 Å². The molecule has 0 radical (unpaired) electrons. The Morgan fingerprint density at radius 3 is 1.20 bits per heavy atom. The molecule has 1 aliphatic carbocycles. The standard InChI is InChI=1S/C45H30O2S2/c46-41-19-17-33(25-39(41)29-9-3-1-4-10-29)45(34-18-20-42(47)40(26-34)30-11-5-2-6-12-30)43-35(31-21-23-48-27-31)13-7-15-37(43)38-16-8-14-36(44(38)45)32-22-24-49-28-32/h1-28,46-47H. The van der Waals surface area contributed by atoms with Gasteiger partial charge < -0.3 is 10.2 Å². The normalized spacial score (nSPS) is 12.8. The lowest BCUT2D eigenvalue weighted by Crippen LogP contribution is -2.30. The highest BCUT2D eigenvalue weighted by atomic mass is 32.1. The lowest BCUT2D eigenvalue weighted by molar-refractivity contribution is 0.477. The quantitative estimate of drug-likeness (QED) is 0.185. The Morgan fingerprint density at radius 1 is 0.367 bits per heavy atom. The van der Waals surface area contributed by atoms with Gasteiger partial charge in [-0.05, 0) is 125 Å². The first kappa shape index (κ1) is 29.5. The first-order chi connectivity index (χ1) is 24.1. The fraction of sp³-hybridized carbons (Fsp3) is 0.0222. The third-order valence-corrected chi connectivity index (χ3v) is 11.2. The fourth-order valence-corrected chi connectivity index (χ4v) is 9.10. The van der Waals surface area contributed by atoms with E-state index in [1.54, 1.807) is 22.7 Å². The topological polar surface area (TPSA) is 40.5 Å². The minimum atomic E-state index is -0.823. The Balaban J connectivity index is 1.48. The van der Waals surface area contributed by atoms with E-state index in [1.165, 1.54) is 33.4 Å². The van der Waals surface area contributed by atoms with Gasteiger partial charge in [0.05, 0.1) is 5.41 Å². The van der Waals surface area contributed by atoms with Gasteiger partial charge in [0.15, 0.2) is 0 Å². The van der Waals surface area contributed by atoms with Gasteiger partial charge in [-0.1, -0.05) is 109 Å². The summed E-state index contributed by atoms with van der Waals surface area (Å²) in [6.07, 6.45) is 0. The molecular weight excluding hydrogens is 637 g/mol. The highest BCUT2D eigenvalue weighted by Crippen LogP contribution is 2.62. The molecule has 49 heavy (non-hydrogen) atoms. The maximum atomic E-state index is 11.4. The van der Waals surface area contributed by atoms with Crippen LogP contribution >= 0.6 is 22.7 Å². The van der Waals surface area contributed by atoms with Gasteiger partial charge in [0.25, 0.3) is 0 Å². The van der Waals surface area contributed by atoms with E-state index < -0.39 is 5.41 Å². The van der Waals surface area contributed by atoms with Crippen molar-refractivity contribution in [1.29, 1.82) is 0 Å². The average Bonchev–Trinajstić information content (AvgIpc) is 3.94. The molecular formula is C45H30O2S2. The minimum absolute atomic E-state index is 0.233. The Bertz CT molecular complexity index is 2270. The maximum absolute atomic E-state index is 11.4. The molecule has 9 rings (SSSR count). The molecule has 0 unspecified atom stereocenters. The van der Waals surface area contributed by atoms with Crippen molar-refractivity contribution < 1.29 is 10.2 Å². The number of thiophene rings is 2. The van der Waals surface area contributed by atoms with Crippen LogP contribution in [-0.4, -0.2) is 10.2 Å². The summed E-state index contributed by atoms with van der Waals surface area (Å²) in [6, 6.07) is 50.1. The van der Waals surface area contributed by atoms with E-state index in [0.717, 1.165) is 44.5 Å². The summed E-state index contributed by atoms with van der Waals surface area (Å²) >= 11 is 3.39. The molecule has 6 aromatic carbocycles. The van der Waals surface area contributed by atoms with E-state index >= 15 is 0 Å². The highest BCUT2D eigenvalue weighted by molar-refractivity contribution is 7.08. The van der Waals surface area contributed by atoms with Gasteiger partial charge in [-0.15, -0.1) is 0 Å². The van der Waals surface area contributed by atoms with Crippen LogP contribution < -0.4 is 0 Å². The first-order valence-electron chi connectivity index (χ1n) is 16.2. The van der Waals surface area contributed by atoms with E-state index in [9.17, 15) is 10.2 Å². The minimum Gasteiger partial charge on any atom is -0.507 e. The van der Waals surface area contributed by atoms with Crippen LogP contribution in [0.3, 0.4) is 0 Å². The fourth-order valence-electron chi connectivity index (χ4n) is 7.78. The molecule has 0 atom stereocenters. The third kappa shape index (κ3) is 4.60. The van der Waals surface area contributed by atoms with Crippen molar-refractivity contribution in [1.82, 2.24) is 0 Å². The van der Waals surface area contributed by atoms with Gasteiger partial charge in [0.1, 0.15) is 11.5 Å². The molecule has 2 aromatic heterocycles. The Hall–Kier alpha value is -5.68.